The zero-order valence-corrected chi connectivity index (χ0v) is 21.5. The molecule has 0 atom stereocenters. The summed E-state index contributed by atoms with van der Waals surface area (Å²) in [7, 11) is 0. The van der Waals surface area contributed by atoms with Crippen molar-refractivity contribution in [3.63, 3.8) is 0 Å². The summed E-state index contributed by atoms with van der Waals surface area (Å²) in [5.74, 6) is -0.847. The number of amides is 1. The zero-order chi connectivity index (χ0) is 24.3. The average Bonchev–Trinajstić information content (AvgIpc) is 3.20. The lowest BCUT2D eigenvalue weighted by Gasteiger charge is -2.11. The molecule has 0 saturated heterocycles. The highest BCUT2D eigenvalue weighted by atomic mass is 79.9. The van der Waals surface area contributed by atoms with Gasteiger partial charge in [0.15, 0.2) is 0 Å². The molecule has 33 heavy (non-hydrogen) atoms. The second-order valence-corrected chi connectivity index (χ2v) is 9.60. The number of hydrogen-bond donors (Lipinski definition) is 1. The van der Waals surface area contributed by atoms with Gasteiger partial charge in [-0.3, -0.25) is 4.79 Å². The van der Waals surface area contributed by atoms with E-state index in [2.05, 4.69) is 21.2 Å². The summed E-state index contributed by atoms with van der Waals surface area (Å²) < 4.78 is 8.09. The number of carbonyl (C=O) groups excluding carboxylic acids is 2. The Balaban J connectivity index is 2.02. The quantitative estimate of drug-likeness (QED) is 0.234. The Morgan fingerprint density at radius 2 is 1.97 bits per heavy atom. The molecule has 0 fully saturated rings. The molecule has 1 aromatic carbocycles. The molecular weight excluding hydrogens is 502 g/mol. The number of nitriles is 1. The number of hydrogen-bond acceptors (Lipinski definition) is 5. The monoisotopic (exact) mass is 525 g/mol. The van der Waals surface area contributed by atoms with Gasteiger partial charge in [0.25, 0.3) is 5.91 Å². The van der Waals surface area contributed by atoms with Crippen LogP contribution in [0.1, 0.15) is 44.7 Å². The normalized spacial score (nSPS) is 11.2. The molecule has 1 N–H and O–H groups in total. The van der Waals surface area contributed by atoms with E-state index in [0.29, 0.717) is 17.9 Å². The number of aromatic nitrogens is 1. The number of halogens is 1. The van der Waals surface area contributed by atoms with E-state index in [1.807, 2.05) is 50.5 Å². The van der Waals surface area contributed by atoms with Crippen molar-refractivity contribution in [3.8, 4) is 11.1 Å². The molecule has 0 radical (unpaired) electrons. The first-order chi connectivity index (χ1) is 15.7. The van der Waals surface area contributed by atoms with Gasteiger partial charge in [0.1, 0.15) is 16.6 Å². The van der Waals surface area contributed by atoms with Crippen molar-refractivity contribution in [2.75, 3.05) is 11.9 Å². The summed E-state index contributed by atoms with van der Waals surface area (Å²) in [4.78, 5) is 26.4. The molecule has 6 nitrogen and oxygen atoms in total. The third-order valence-electron chi connectivity index (χ3n) is 5.27. The van der Waals surface area contributed by atoms with Gasteiger partial charge >= 0.3 is 5.97 Å². The molecule has 0 aliphatic rings. The molecule has 3 rings (SSSR count). The number of thiophene rings is 1. The minimum absolute atomic E-state index is 0.0145. The topological polar surface area (TPSA) is 84.1 Å². The van der Waals surface area contributed by atoms with Gasteiger partial charge in [-0.15, -0.1) is 11.3 Å². The maximum Gasteiger partial charge on any atom is 0.341 e. The summed E-state index contributed by atoms with van der Waals surface area (Å²) in [6.07, 6.45) is 1.57. The summed E-state index contributed by atoms with van der Waals surface area (Å²) in [5, 5.41) is 13.2. The molecule has 0 unspecified atom stereocenters. The Morgan fingerprint density at radius 1 is 1.24 bits per heavy atom. The first kappa shape index (κ1) is 24.5. The van der Waals surface area contributed by atoms with Gasteiger partial charge in [-0.25, -0.2) is 4.79 Å². The van der Waals surface area contributed by atoms with E-state index in [1.165, 1.54) is 11.3 Å². The van der Waals surface area contributed by atoms with Crippen LogP contribution in [0.3, 0.4) is 0 Å². The SMILES string of the molecule is CCOC(=O)c1c(-n2c(C)cc(/C=C(/C#N)C(=O)Nc3cccc(Br)c3)c2C)sc(C)c1C. The standard InChI is InChI=1S/C25H24BrN3O3S/c1-6-32-25(31)22-15(3)17(5)33-24(22)29-14(2)10-18(16(29)4)11-19(13-27)23(30)28-21-9-7-8-20(26)12-21/h7-12H,6H2,1-5H3,(H,28,30)/b19-11-. The van der Waals surface area contributed by atoms with Crippen LogP contribution in [0.25, 0.3) is 11.1 Å². The third kappa shape index (κ3) is 5.10. The molecule has 0 aliphatic heterocycles. The van der Waals surface area contributed by atoms with Gasteiger partial charge in [-0.1, -0.05) is 22.0 Å². The lowest BCUT2D eigenvalue weighted by Crippen LogP contribution is -2.13. The number of rotatable bonds is 6. The smallest absolute Gasteiger partial charge is 0.341 e. The molecular formula is C25H24BrN3O3S. The molecule has 2 aromatic heterocycles. The van der Waals surface area contributed by atoms with Crippen LogP contribution in [0.4, 0.5) is 5.69 Å². The van der Waals surface area contributed by atoms with E-state index in [-0.39, 0.29) is 11.5 Å². The molecule has 3 aromatic rings. The van der Waals surface area contributed by atoms with E-state index in [9.17, 15) is 14.9 Å². The molecule has 0 aliphatic carbocycles. The molecule has 2 heterocycles. The van der Waals surface area contributed by atoms with Crippen molar-refractivity contribution in [3.05, 3.63) is 73.3 Å². The van der Waals surface area contributed by atoms with Crippen molar-refractivity contribution >= 4 is 50.9 Å². The molecule has 0 bridgehead atoms. The van der Waals surface area contributed by atoms with Crippen molar-refractivity contribution in [1.29, 1.82) is 5.26 Å². The number of nitrogens with one attached hydrogen (secondary N) is 1. The third-order valence-corrected chi connectivity index (χ3v) is 6.95. The zero-order valence-electron chi connectivity index (χ0n) is 19.1. The predicted octanol–water partition coefficient (Wildman–Crippen LogP) is 6.26. The van der Waals surface area contributed by atoms with Crippen LogP contribution in [-0.4, -0.2) is 23.1 Å². The Bertz CT molecular complexity index is 1310. The fourth-order valence-corrected chi connectivity index (χ4v) is 5.18. The summed E-state index contributed by atoms with van der Waals surface area (Å²) in [6, 6.07) is 11.1. The van der Waals surface area contributed by atoms with Crippen molar-refractivity contribution in [1.82, 2.24) is 4.57 Å². The fourth-order valence-electron chi connectivity index (χ4n) is 3.53. The van der Waals surface area contributed by atoms with Crippen molar-refractivity contribution in [2.45, 2.75) is 34.6 Å². The number of ether oxygens (including phenoxy) is 1. The predicted molar refractivity (Wildman–Crippen MR) is 135 cm³/mol. The van der Waals surface area contributed by atoms with E-state index < -0.39 is 5.91 Å². The van der Waals surface area contributed by atoms with Crippen LogP contribution in [0.15, 0.2) is 40.4 Å². The van der Waals surface area contributed by atoms with Crippen LogP contribution < -0.4 is 5.32 Å². The second-order valence-electron chi connectivity index (χ2n) is 7.48. The highest BCUT2D eigenvalue weighted by Gasteiger charge is 2.24. The number of anilines is 1. The number of carbonyl (C=O) groups is 2. The molecule has 0 spiro atoms. The van der Waals surface area contributed by atoms with Gasteiger partial charge in [0.05, 0.1) is 12.2 Å². The number of aryl methyl sites for hydroxylation is 2. The van der Waals surface area contributed by atoms with E-state index in [1.54, 1.807) is 31.2 Å². The van der Waals surface area contributed by atoms with Crippen LogP contribution in [0.5, 0.6) is 0 Å². The fraction of sp³-hybridized carbons (Fsp3) is 0.240. The maximum atomic E-state index is 12.7. The minimum Gasteiger partial charge on any atom is -0.462 e. The van der Waals surface area contributed by atoms with Gasteiger partial charge in [0.2, 0.25) is 0 Å². The second kappa shape index (κ2) is 10.2. The minimum atomic E-state index is -0.490. The Hall–Kier alpha value is -3.15. The van der Waals surface area contributed by atoms with Crippen LogP contribution in [0, 0.1) is 39.0 Å². The highest BCUT2D eigenvalue weighted by Crippen LogP contribution is 2.35. The largest absolute Gasteiger partial charge is 0.462 e. The van der Waals surface area contributed by atoms with Crippen molar-refractivity contribution in [2.24, 2.45) is 0 Å². The first-order valence-corrected chi connectivity index (χ1v) is 11.9. The Kier molecular flexibility index (Phi) is 7.57. The summed E-state index contributed by atoms with van der Waals surface area (Å²) in [5.41, 5.74) is 4.45. The lowest BCUT2D eigenvalue weighted by atomic mass is 10.1. The van der Waals surface area contributed by atoms with Crippen molar-refractivity contribution < 1.29 is 14.3 Å². The van der Waals surface area contributed by atoms with Crippen LogP contribution >= 0.6 is 27.3 Å². The first-order valence-electron chi connectivity index (χ1n) is 10.3. The Labute approximate surface area is 205 Å². The number of nitrogens with zero attached hydrogens (tertiary/aromatic N) is 2. The number of benzene rings is 1. The van der Waals surface area contributed by atoms with Gasteiger partial charge in [-0.2, -0.15) is 5.26 Å². The van der Waals surface area contributed by atoms with Crippen LogP contribution in [-0.2, 0) is 9.53 Å². The maximum absolute atomic E-state index is 12.7. The van der Waals surface area contributed by atoms with E-state index >= 15 is 0 Å². The Morgan fingerprint density at radius 3 is 2.61 bits per heavy atom. The summed E-state index contributed by atoms with van der Waals surface area (Å²) in [6.45, 7) is 9.79. The van der Waals surface area contributed by atoms with E-state index in [4.69, 9.17) is 4.74 Å². The lowest BCUT2D eigenvalue weighted by molar-refractivity contribution is -0.112. The average molecular weight is 526 g/mol. The molecule has 0 saturated carbocycles. The van der Waals surface area contributed by atoms with E-state index in [0.717, 1.165) is 36.9 Å². The molecule has 8 heteroatoms. The molecule has 170 valence electrons. The highest BCUT2D eigenvalue weighted by molar-refractivity contribution is 9.10. The van der Waals surface area contributed by atoms with Gasteiger partial charge < -0.3 is 14.6 Å². The number of esters is 1. The van der Waals surface area contributed by atoms with Gasteiger partial charge in [-0.05, 0) is 76.1 Å². The molecule has 1 amide bonds. The van der Waals surface area contributed by atoms with Gasteiger partial charge in [0, 0.05) is 26.4 Å². The van der Waals surface area contributed by atoms with Crippen LogP contribution in [0.2, 0.25) is 0 Å². The summed E-state index contributed by atoms with van der Waals surface area (Å²) >= 11 is 4.89.